The predicted molar refractivity (Wildman–Crippen MR) is 171 cm³/mol. The van der Waals surface area contributed by atoms with Crippen LogP contribution < -0.4 is 4.74 Å². The van der Waals surface area contributed by atoms with Crippen LogP contribution in [0.15, 0.2) is 30.3 Å². The molecule has 0 saturated carbocycles. The Kier molecular flexibility index (Phi) is 7.77. The highest BCUT2D eigenvalue weighted by Gasteiger charge is 2.42. The number of ketones is 1. The van der Waals surface area contributed by atoms with E-state index in [2.05, 4.69) is 66.5 Å². The number of rotatable bonds is 6. The van der Waals surface area contributed by atoms with Crippen molar-refractivity contribution in [3.05, 3.63) is 62.8 Å². The predicted octanol–water partition coefficient (Wildman–Crippen LogP) is 9.32. The maximum absolute atomic E-state index is 13.7. The molecule has 0 radical (unpaired) electrons. The largest absolute Gasteiger partial charge is 0.493 e. The van der Waals surface area contributed by atoms with Gasteiger partial charge in [0.2, 0.25) is 0 Å². The van der Waals surface area contributed by atoms with Crippen LogP contribution in [0.2, 0.25) is 28.2 Å². The first kappa shape index (κ1) is 30.6. The second-order valence-electron chi connectivity index (χ2n) is 14.4. The van der Waals surface area contributed by atoms with E-state index >= 15 is 0 Å². The number of carbonyl (C=O) groups excluding carboxylic acids is 1. The molecular formula is C33H43Cl2NO4Si. The van der Waals surface area contributed by atoms with E-state index in [1.54, 1.807) is 12.1 Å². The molecule has 1 aromatic heterocycles. The summed E-state index contributed by atoms with van der Waals surface area (Å²) in [6, 6.07) is 9.40. The summed E-state index contributed by atoms with van der Waals surface area (Å²) in [6.45, 7) is 21.0. The Labute approximate surface area is 255 Å². The molecule has 41 heavy (non-hydrogen) atoms. The highest BCUT2D eigenvalue weighted by Crippen LogP contribution is 2.46. The van der Waals surface area contributed by atoms with E-state index in [0.29, 0.717) is 34.4 Å². The first-order valence-electron chi connectivity index (χ1n) is 14.6. The average molecular weight is 617 g/mol. The Hall–Kier alpha value is -1.83. The van der Waals surface area contributed by atoms with Crippen LogP contribution in [0.25, 0.3) is 10.9 Å². The normalized spacial score (nSPS) is 22.0. The molecule has 2 atom stereocenters. The fourth-order valence-electron chi connectivity index (χ4n) is 5.85. The van der Waals surface area contributed by atoms with Crippen LogP contribution in [0.1, 0.15) is 88.5 Å². The van der Waals surface area contributed by atoms with Gasteiger partial charge in [0.1, 0.15) is 5.75 Å². The first-order valence-corrected chi connectivity index (χ1v) is 18.2. The van der Waals surface area contributed by atoms with Gasteiger partial charge in [0, 0.05) is 33.5 Å². The van der Waals surface area contributed by atoms with E-state index in [1.807, 2.05) is 18.2 Å². The van der Waals surface area contributed by atoms with Crippen molar-refractivity contribution >= 4 is 48.2 Å². The Balaban J connectivity index is 1.38. The maximum atomic E-state index is 13.7. The van der Waals surface area contributed by atoms with Gasteiger partial charge in [0.15, 0.2) is 14.1 Å². The van der Waals surface area contributed by atoms with E-state index < -0.39 is 13.7 Å². The molecule has 8 heteroatoms. The third-order valence-electron chi connectivity index (χ3n) is 9.59. The molecule has 1 N–H and O–H groups in total. The lowest BCUT2D eigenvalue weighted by Crippen LogP contribution is -2.49. The number of hydrogen-bond acceptors (Lipinski definition) is 4. The number of aromatic nitrogens is 1. The Bertz CT molecular complexity index is 1500. The molecule has 2 aromatic carbocycles. The molecule has 2 aliphatic rings. The van der Waals surface area contributed by atoms with Crippen LogP contribution in [0.4, 0.5) is 0 Å². The molecule has 0 spiro atoms. The monoisotopic (exact) mass is 615 g/mol. The summed E-state index contributed by atoms with van der Waals surface area (Å²) in [7, 11) is -1.91. The lowest BCUT2D eigenvalue weighted by Gasteiger charge is -2.43. The topological polar surface area (TPSA) is 60.6 Å². The molecule has 5 nitrogen and oxygen atoms in total. The Morgan fingerprint density at radius 3 is 2.41 bits per heavy atom. The van der Waals surface area contributed by atoms with Gasteiger partial charge in [0.25, 0.3) is 0 Å². The van der Waals surface area contributed by atoms with Gasteiger partial charge in [-0.2, -0.15) is 0 Å². The minimum absolute atomic E-state index is 0.0173. The van der Waals surface area contributed by atoms with Gasteiger partial charge in [0.05, 0.1) is 40.5 Å². The number of hydrogen-bond donors (Lipinski definition) is 1. The molecule has 0 bridgehead atoms. The lowest BCUT2D eigenvalue weighted by atomic mass is 9.71. The second kappa shape index (κ2) is 10.4. The summed E-state index contributed by atoms with van der Waals surface area (Å²) in [6.07, 6.45) is 1.95. The number of nitrogens with one attached hydrogen (secondary N) is 1. The number of halogens is 2. The van der Waals surface area contributed by atoms with Gasteiger partial charge in [-0.3, -0.25) is 4.79 Å². The summed E-state index contributed by atoms with van der Waals surface area (Å²) in [5.74, 6) is 0.953. The number of fused-ring (bicyclic) bond motifs is 4. The molecule has 222 valence electrons. The van der Waals surface area contributed by atoms with Gasteiger partial charge in [-0.15, -0.1) is 0 Å². The summed E-state index contributed by atoms with van der Waals surface area (Å²) in [5.41, 5.74) is 3.33. The summed E-state index contributed by atoms with van der Waals surface area (Å²) in [5, 5.41) is 1.83. The van der Waals surface area contributed by atoms with Crippen LogP contribution >= 0.6 is 23.2 Å². The molecule has 2 heterocycles. The molecule has 1 aliphatic carbocycles. The highest BCUT2D eigenvalue weighted by molar-refractivity contribution is 6.74. The maximum Gasteiger partial charge on any atom is 0.195 e. The van der Waals surface area contributed by atoms with Crippen molar-refractivity contribution in [3.8, 4) is 5.75 Å². The second-order valence-corrected chi connectivity index (χ2v) is 20.1. The number of carbonyl (C=O) groups is 1. The van der Waals surface area contributed by atoms with Crippen LogP contribution in [0.5, 0.6) is 5.75 Å². The molecule has 3 aromatic rings. The van der Waals surface area contributed by atoms with E-state index in [1.165, 1.54) is 0 Å². The minimum atomic E-state index is -1.91. The van der Waals surface area contributed by atoms with E-state index in [-0.39, 0.29) is 28.4 Å². The zero-order chi connectivity index (χ0) is 30.1. The van der Waals surface area contributed by atoms with Gasteiger partial charge in [-0.1, -0.05) is 57.8 Å². The highest BCUT2D eigenvalue weighted by atomic mass is 35.5. The van der Waals surface area contributed by atoms with Crippen molar-refractivity contribution in [2.24, 2.45) is 5.92 Å². The molecule has 1 aliphatic heterocycles. The van der Waals surface area contributed by atoms with E-state index in [9.17, 15) is 4.79 Å². The summed E-state index contributed by atoms with van der Waals surface area (Å²) < 4.78 is 19.6. The quantitative estimate of drug-likeness (QED) is 0.281. The fourth-order valence-corrected chi connectivity index (χ4v) is 7.19. The van der Waals surface area contributed by atoms with Gasteiger partial charge >= 0.3 is 0 Å². The fraction of sp³-hybridized carbons (Fsp3) is 0.545. The average Bonchev–Trinajstić information content (AvgIpc) is 3.24. The lowest BCUT2D eigenvalue weighted by molar-refractivity contribution is -0.152. The van der Waals surface area contributed by atoms with Crippen LogP contribution in [0.3, 0.4) is 0 Å². The Morgan fingerprint density at radius 1 is 1.05 bits per heavy atom. The molecule has 0 amide bonds. The van der Waals surface area contributed by atoms with Crippen molar-refractivity contribution in [1.82, 2.24) is 4.98 Å². The molecule has 1 fully saturated rings. The standard InChI is InChI=1S/C33H43Cl2NO4Si/c1-31(2,3)41(8,9)39-18-27-19(12-13-32(4,5)40-27)17-38-20-10-11-21-23(14-20)33(6,7)30-28(29(21)37)22-15-24(34)25(35)16-26(22)36-30/h10-11,14-16,19,27,36H,12-13,17-18H2,1-9H3/t19-,27-/m1/s1. The molecule has 0 unspecified atom stereocenters. The SMILES string of the molecule is CC1(C)CC[C@H](COc2ccc3c(c2)C(C)(C)c2[nH]c4cc(Cl)c(Cl)cc4c2C3=O)[C@@H](CO[Si](C)(C)C(C)(C)C)O1. The van der Waals surface area contributed by atoms with Crippen molar-refractivity contribution < 1.29 is 18.7 Å². The zero-order valence-electron chi connectivity index (χ0n) is 25.8. The Morgan fingerprint density at radius 2 is 1.73 bits per heavy atom. The number of ether oxygens (including phenoxy) is 2. The van der Waals surface area contributed by atoms with Crippen molar-refractivity contribution in [2.75, 3.05) is 13.2 Å². The van der Waals surface area contributed by atoms with Crippen LogP contribution in [-0.2, 0) is 14.6 Å². The number of benzene rings is 2. The smallest absolute Gasteiger partial charge is 0.195 e. The minimum Gasteiger partial charge on any atom is -0.493 e. The van der Waals surface area contributed by atoms with Crippen molar-refractivity contribution in [3.63, 3.8) is 0 Å². The van der Waals surface area contributed by atoms with Crippen LogP contribution in [-0.4, -0.2) is 44.0 Å². The van der Waals surface area contributed by atoms with Gasteiger partial charge in [-0.25, -0.2) is 0 Å². The molecule has 5 rings (SSSR count). The third-order valence-corrected chi connectivity index (χ3v) is 14.8. The van der Waals surface area contributed by atoms with Gasteiger partial charge < -0.3 is 18.9 Å². The molecule has 1 saturated heterocycles. The van der Waals surface area contributed by atoms with Crippen molar-refractivity contribution in [2.45, 2.75) is 96.6 Å². The summed E-state index contributed by atoms with van der Waals surface area (Å²) >= 11 is 12.6. The first-order chi connectivity index (χ1) is 18.9. The van der Waals surface area contributed by atoms with Gasteiger partial charge in [-0.05, 0) is 80.7 Å². The zero-order valence-corrected chi connectivity index (χ0v) is 28.3. The number of H-pyrrole nitrogens is 1. The van der Waals surface area contributed by atoms with Crippen LogP contribution in [0, 0.1) is 5.92 Å². The van der Waals surface area contributed by atoms with Crippen molar-refractivity contribution in [1.29, 1.82) is 0 Å². The number of aromatic amines is 1. The summed E-state index contributed by atoms with van der Waals surface area (Å²) in [4.78, 5) is 17.2. The van der Waals surface area contributed by atoms with E-state index in [0.717, 1.165) is 40.8 Å². The van der Waals surface area contributed by atoms with E-state index in [4.69, 9.17) is 37.1 Å². The molecular weight excluding hydrogens is 573 g/mol. The third kappa shape index (κ3) is 5.63.